The summed E-state index contributed by atoms with van der Waals surface area (Å²) in [7, 11) is 0. The number of nitrogens with zero attached hydrogens (tertiary/aromatic N) is 1. The predicted octanol–water partition coefficient (Wildman–Crippen LogP) is 8.04. The van der Waals surface area contributed by atoms with Crippen molar-refractivity contribution in [3.63, 3.8) is 0 Å². The molecule has 5 fully saturated rings. The molecule has 4 nitrogen and oxygen atoms in total. The van der Waals surface area contributed by atoms with Crippen molar-refractivity contribution in [3.8, 4) is 0 Å². The van der Waals surface area contributed by atoms with Crippen LogP contribution >= 0.6 is 0 Å². The number of carbonyl (C=O) groups is 1. The molecule has 202 valence electrons. The highest BCUT2D eigenvalue weighted by molar-refractivity contribution is 5.67. The fourth-order valence-corrected chi connectivity index (χ4v) is 11.9. The van der Waals surface area contributed by atoms with Crippen LogP contribution in [0.2, 0.25) is 0 Å². The van der Waals surface area contributed by atoms with E-state index >= 15 is 0 Å². The second-order valence-corrected chi connectivity index (χ2v) is 15.1. The van der Waals surface area contributed by atoms with Crippen LogP contribution in [0, 0.1) is 56.7 Å². The number of fused-ring (bicyclic) bond motifs is 7. The summed E-state index contributed by atoms with van der Waals surface area (Å²) in [5, 5.41) is 13.4. The van der Waals surface area contributed by atoms with Gasteiger partial charge in [0.25, 0.3) is 0 Å². The maximum absolute atomic E-state index is 11.9. The van der Waals surface area contributed by atoms with Crippen LogP contribution in [0.5, 0.6) is 0 Å². The molecule has 0 bridgehead atoms. The van der Waals surface area contributed by atoms with E-state index in [1.54, 1.807) is 6.92 Å². The summed E-state index contributed by atoms with van der Waals surface area (Å²) in [5.74, 6) is 2.89. The first-order valence-electron chi connectivity index (χ1n) is 14.8. The molecule has 1 N–H and O–H groups in total. The highest BCUT2D eigenvalue weighted by atomic mass is 16.5. The third-order valence-corrected chi connectivity index (χ3v) is 13.7. The van der Waals surface area contributed by atoms with E-state index in [0.717, 1.165) is 19.3 Å². The van der Waals surface area contributed by atoms with Crippen LogP contribution < -0.4 is 0 Å². The summed E-state index contributed by atoms with van der Waals surface area (Å²) in [4.78, 5) is 11.9. The minimum Gasteiger partial charge on any atom is -0.462 e. The molecule has 0 aliphatic heterocycles. The molecule has 0 heterocycles. The lowest BCUT2D eigenvalue weighted by atomic mass is 9.32. The third-order valence-electron chi connectivity index (χ3n) is 13.7. The number of carbonyl (C=O) groups excluding carboxylic acids is 1. The van der Waals surface area contributed by atoms with E-state index < -0.39 is 0 Å². The van der Waals surface area contributed by atoms with E-state index in [1.165, 1.54) is 50.5 Å². The molecule has 4 heteroatoms. The molecule has 0 unspecified atom stereocenters. The average molecular weight is 498 g/mol. The highest BCUT2D eigenvalue weighted by Gasteiger charge is 2.71. The van der Waals surface area contributed by atoms with Crippen LogP contribution in [0.1, 0.15) is 113 Å². The Morgan fingerprint density at radius 1 is 0.889 bits per heavy atom. The average Bonchev–Trinajstić information content (AvgIpc) is 3.16. The molecule has 0 aromatic rings. The van der Waals surface area contributed by atoms with Crippen LogP contribution in [-0.4, -0.2) is 23.5 Å². The van der Waals surface area contributed by atoms with Gasteiger partial charge in [0.1, 0.15) is 6.10 Å². The largest absolute Gasteiger partial charge is 0.462 e. The van der Waals surface area contributed by atoms with Crippen molar-refractivity contribution >= 4 is 12.2 Å². The maximum atomic E-state index is 11.9. The van der Waals surface area contributed by atoms with Crippen molar-refractivity contribution in [2.75, 3.05) is 0 Å². The standard InChI is InChI=1S/C32H51NO3/c1-20(2)22-11-16-32(19-33-35)18-17-30(7)23(27(22)32)9-10-25-29(6)14-13-26(36-21(3)34)28(4,5)24(29)12-15-31(25,30)8/h19,22-27,35H,1,9-18H2,2-8H3/b33-19+/t22-,23-,24-,25+,26-,27+,29-,30+,31+,32+/m0/s1. The van der Waals surface area contributed by atoms with Gasteiger partial charge in [0.05, 0.1) is 6.21 Å². The molecule has 5 aliphatic rings. The van der Waals surface area contributed by atoms with Crippen molar-refractivity contribution in [3.05, 3.63) is 12.2 Å². The van der Waals surface area contributed by atoms with Crippen LogP contribution in [0.15, 0.2) is 17.3 Å². The minimum atomic E-state index is -0.133. The van der Waals surface area contributed by atoms with Gasteiger partial charge in [-0.2, -0.15) is 0 Å². The predicted molar refractivity (Wildman–Crippen MR) is 145 cm³/mol. The zero-order chi connectivity index (χ0) is 26.3. The first-order chi connectivity index (χ1) is 16.8. The molecule has 0 aromatic heterocycles. The first-order valence-corrected chi connectivity index (χ1v) is 14.8. The zero-order valence-electron chi connectivity index (χ0n) is 24.0. The number of hydrogen-bond donors (Lipinski definition) is 1. The quantitative estimate of drug-likeness (QED) is 0.141. The lowest BCUT2D eigenvalue weighted by Gasteiger charge is -2.72. The Hall–Kier alpha value is -1.32. The lowest BCUT2D eigenvalue weighted by molar-refractivity contribution is -0.246. The molecular formula is C32H51NO3. The zero-order valence-corrected chi connectivity index (χ0v) is 24.0. The van der Waals surface area contributed by atoms with E-state index in [-0.39, 0.29) is 33.7 Å². The number of hydrogen-bond acceptors (Lipinski definition) is 4. The Morgan fingerprint density at radius 2 is 1.61 bits per heavy atom. The molecule has 0 radical (unpaired) electrons. The van der Waals surface area contributed by atoms with Crippen molar-refractivity contribution < 1.29 is 14.7 Å². The van der Waals surface area contributed by atoms with E-state index in [0.29, 0.717) is 35.0 Å². The maximum Gasteiger partial charge on any atom is 0.302 e. The van der Waals surface area contributed by atoms with Crippen LogP contribution in [0.25, 0.3) is 0 Å². The number of rotatable bonds is 3. The van der Waals surface area contributed by atoms with Gasteiger partial charge in [0.15, 0.2) is 0 Å². The second kappa shape index (κ2) is 8.34. The van der Waals surface area contributed by atoms with Gasteiger partial charge in [0.2, 0.25) is 0 Å². The van der Waals surface area contributed by atoms with Crippen LogP contribution in [-0.2, 0) is 9.53 Å². The van der Waals surface area contributed by atoms with Gasteiger partial charge in [-0.25, -0.2) is 0 Å². The van der Waals surface area contributed by atoms with E-state index in [4.69, 9.17) is 4.74 Å². The first kappa shape index (κ1) is 26.3. The molecule has 36 heavy (non-hydrogen) atoms. The normalized spacial score (nSPS) is 51.5. The summed E-state index contributed by atoms with van der Waals surface area (Å²) in [6, 6.07) is 0. The highest BCUT2D eigenvalue weighted by Crippen LogP contribution is 2.77. The summed E-state index contributed by atoms with van der Waals surface area (Å²) in [6.07, 6.45) is 13.9. The van der Waals surface area contributed by atoms with Gasteiger partial charge in [-0.15, -0.1) is 5.16 Å². The minimum absolute atomic E-state index is 0.00750. The number of allylic oxidation sites excluding steroid dienone is 1. The molecule has 0 amide bonds. The Balaban J connectivity index is 1.52. The molecule has 0 aromatic carbocycles. The summed E-state index contributed by atoms with van der Waals surface area (Å²) >= 11 is 0. The van der Waals surface area contributed by atoms with Crippen molar-refractivity contribution in [2.24, 2.45) is 61.8 Å². The van der Waals surface area contributed by atoms with Crippen LogP contribution in [0.3, 0.4) is 0 Å². The van der Waals surface area contributed by atoms with E-state index in [1.807, 2.05) is 6.21 Å². The summed E-state index contributed by atoms with van der Waals surface area (Å²) in [6.45, 7) is 20.9. The van der Waals surface area contributed by atoms with E-state index in [9.17, 15) is 10.0 Å². The van der Waals surface area contributed by atoms with E-state index in [2.05, 4.69) is 53.3 Å². The molecule has 0 spiro atoms. The monoisotopic (exact) mass is 497 g/mol. The number of esters is 1. The van der Waals surface area contributed by atoms with Gasteiger partial charge in [-0.3, -0.25) is 4.79 Å². The Kier molecular flexibility index (Phi) is 6.09. The van der Waals surface area contributed by atoms with Gasteiger partial charge in [-0.05, 0) is 117 Å². The van der Waals surface area contributed by atoms with Crippen molar-refractivity contribution in [1.29, 1.82) is 0 Å². The molecular weight excluding hydrogens is 446 g/mol. The third kappa shape index (κ3) is 3.30. The second-order valence-electron chi connectivity index (χ2n) is 15.1. The molecule has 10 atom stereocenters. The molecule has 5 aliphatic carbocycles. The molecule has 5 rings (SSSR count). The fraction of sp³-hybridized carbons (Fsp3) is 0.875. The van der Waals surface area contributed by atoms with Crippen molar-refractivity contribution in [1.82, 2.24) is 0 Å². The van der Waals surface area contributed by atoms with Gasteiger partial charge < -0.3 is 9.94 Å². The number of oxime groups is 1. The Morgan fingerprint density at radius 3 is 2.25 bits per heavy atom. The summed E-state index contributed by atoms with van der Waals surface area (Å²) in [5.41, 5.74) is 2.24. The van der Waals surface area contributed by atoms with Gasteiger partial charge >= 0.3 is 5.97 Å². The Bertz CT molecular complexity index is 955. The topological polar surface area (TPSA) is 58.9 Å². The van der Waals surface area contributed by atoms with Crippen LogP contribution in [0.4, 0.5) is 0 Å². The lowest BCUT2D eigenvalue weighted by Crippen LogP contribution is -2.66. The SMILES string of the molecule is C=C(C)[C@@H]1CC[C@]2(/C=N/O)CC[C@]3(C)[C@@H](CC[C@@H]4[C@@]5(C)CC[C@H](OC(C)=O)C(C)(C)[C@@H]5CC[C@]43C)[C@@H]12. The fourth-order valence-electron chi connectivity index (χ4n) is 11.9. The van der Waals surface area contributed by atoms with Gasteiger partial charge in [0, 0.05) is 17.8 Å². The smallest absolute Gasteiger partial charge is 0.302 e. The number of ether oxygens (including phenoxy) is 1. The molecule has 0 saturated heterocycles. The van der Waals surface area contributed by atoms with Gasteiger partial charge in [-0.1, -0.05) is 46.8 Å². The molecule has 5 saturated carbocycles. The van der Waals surface area contributed by atoms with Crippen molar-refractivity contribution in [2.45, 2.75) is 119 Å². The Labute approximate surface area is 219 Å². The summed E-state index contributed by atoms with van der Waals surface area (Å²) < 4.78 is 5.90.